The summed E-state index contributed by atoms with van der Waals surface area (Å²) in [4.78, 5) is 24.0. The van der Waals surface area contributed by atoms with Gasteiger partial charge < -0.3 is 9.47 Å². The van der Waals surface area contributed by atoms with Crippen LogP contribution >= 0.6 is 0 Å². The van der Waals surface area contributed by atoms with Crippen molar-refractivity contribution in [1.29, 1.82) is 0 Å². The molecule has 0 aromatic carbocycles. The Bertz CT molecular complexity index is 531. The highest BCUT2D eigenvalue weighted by atomic mass is 19.1. The first-order valence-corrected chi connectivity index (χ1v) is 10.3. The first-order valence-electron chi connectivity index (χ1n) is 10.3. The van der Waals surface area contributed by atoms with E-state index >= 15 is 0 Å². The molecule has 0 aliphatic heterocycles. The van der Waals surface area contributed by atoms with Gasteiger partial charge in [-0.25, -0.2) is 4.79 Å². The van der Waals surface area contributed by atoms with Crippen molar-refractivity contribution in [3.05, 3.63) is 32.9 Å². The highest BCUT2D eigenvalue weighted by Gasteiger charge is 2.24. The number of unbranched alkanes of at least 4 members (excludes halogenated alkanes) is 4. The number of halogens is 1. The van der Waals surface area contributed by atoms with E-state index in [-0.39, 0.29) is 0 Å². The van der Waals surface area contributed by atoms with Gasteiger partial charge in [-0.2, -0.15) is 4.39 Å². The van der Waals surface area contributed by atoms with Crippen molar-refractivity contribution in [2.75, 3.05) is 26.2 Å². The maximum Gasteiger partial charge on any atom is 0.325 e. The third kappa shape index (κ3) is 10.5. The van der Waals surface area contributed by atoms with Gasteiger partial charge in [0.15, 0.2) is 0 Å². The number of aromatic amines is 2. The summed E-state index contributed by atoms with van der Waals surface area (Å²) in [6.45, 7) is 15.0. The number of rotatable bonds is 12. The lowest BCUT2D eigenvalue weighted by Gasteiger charge is -2.39. The molecule has 6 heteroatoms. The summed E-state index contributed by atoms with van der Waals surface area (Å²) in [5.41, 5.74) is -1.71. The van der Waals surface area contributed by atoms with Gasteiger partial charge in [-0.3, -0.25) is 9.78 Å². The van der Waals surface area contributed by atoms with Crippen molar-refractivity contribution in [2.45, 2.75) is 79.1 Å². The topological polar surface area (TPSA) is 65.7 Å². The number of hydrogen-bond donors (Lipinski definition) is 2. The molecule has 0 aliphatic rings. The third-order valence-electron chi connectivity index (χ3n) is 4.72. The van der Waals surface area contributed by atoms with Gasteiger partial charge in [-0.05, 0) is 25.7 Å². The quantitative estimate of drug-likeness (QED) is 0.540. The Morgan fingerprint density at radius 1 is 0.808 bits per heavy atom. The second-order valence-corrected chi connectivity index (χ2v) is 7.07. The average Bonchev–Trinajstić information content (AvgIpc) is 2.64. The Morgan fingerprint density at radius 3 is 1.46 bits per heavy atom. The van der Waals surface area contributed by atoms with Crippen molar-refractivity contribution in [1.82, 2.24) is 9.97 Å². The van der Waals surface area contributed by atoms with Gasteiger partial charge in [-0.1, -0.05) is 53.4 Å². The zero-order valence-corrected chi connectivity index (χ0v) is 17.2. The summed E-state index contributed by atoms with van der Waals surface area (Å²) in [5, 5.41) is 0. The average molecular weight is 373 g/mol. The van der Waals surface area contributed by atoms with Crippen molar-refractivity contribution in [2.24, 2.45) is 0 Å². The molecule has 1 rings (SSSR count). The highest BCUT2D eigenvalue weighted by molar-refractivity contribution is 4.83. The summed E-state index contributed by atoms with van der Waals surface area (Å²) in [7, 11) is 0. The first kappa shape index (κ1) is 24.6. The zero-order valence-electron chi connectivity index (χ0n) is 17.2. The number of quaternary nitrogens is 1. The summed E-state index contributed by atoms with van der Waals surface area (Å²) in [5.74, 6) is -0.991. The van der Waals surface area contributed by atoms with Crippen LogP contribution in [0.5, 0.6) is 0 Å². The van der Waals surface area contributed by atoms with Gasteiger partial charge in [-0.15, -0.1) is 0 Å². The predicted octanol–water partition coefficient (Wildman–Crippen LogP) is 4.21. The van der Waals surface area contributed by atoms with Crippen LogP contribution in [0.3, 0.4) is 0 Å². The van der Waals surface area contributed by atoms with Crippen molar-refractivity contribution < 1.29 is 8.87 Å². The number of nitrogens with one attached hydrogen (secondary N) is 2. The fraction of sp³-hybridized carbons (Fsp3) is 0.800. The first-order chi connectivity index (χ1) is 12.4. The normalized spacial score (nSPS) is 11.1. The molecule has 1 aromatic heterocycles. The van der Waals surface area contributed by atoms with Crippen LogP contribution in [0.15, 0.2) is 15.8 Å². The Balaban J connectivity index is 0.000000577. The maximum absolute atomic E-state index is 12.0. The summed E-state index contributed by atoms with van der Waals surface area (Å²) >= 11 is 0. The van der Waals surface area contributed by atoms with Gasteiger partial charge in [0.1, 0.15) is 0 Å². The number of nitrogens with zero attached hydrogens (tertiary/aromatic N) is 1. The van der Waals surface area contributed by atoms with Crippen molar-refractivity contribution >= 4 is 0 Å². The molecular formula is C20H39FN3O2+. The maximum atomic E-state index is 12.0. The molecule has 26 heavy (non-hydrogen) atoms. The minimum Gasteiger partial charge on any atom is -0.324 e. The van der Waals surface area contributed by atoms with E-state index in [1.807, 2.05) is 4.98 Å². The van der Waals surface area contributed by atoms with Gasteiger partial charge in [0, 0.05) is 6.20 Å². The molecule has 0 atom stereocenters. The van der Waals surface area contributed by atoms with E-state index in [4.69, 9.17) is 0 Å². The van der Waals surface area contributed by atoms with Crippen LogP contribution in [0.25, 0.3) is 0 Å². The van der Waals surface area contributed by atoms with E-state index in [9.17, 15) is 14.0 Å². The van der Waals surface area contributed by atoms with Gasteiger partial charge in [0.05, 0.1) is 26.2 Å². The fourth-order valence-corrected chi connectivity index (χ4v) is 3.04. The minimum atomic E-state index is -1.00. The molecule has 0 bridgehead atoms. The van der Waals surface area contributed by atoms with E-state index in [1.54, 1.807) is 4.98 Å². The highest BCUT2D eigenvalue weighted by Crippen LogP contribution is 2.16. The van der Waals surface area contributed by atoms with Gasteiger partial charge in [0.2, 0.25) is 5.82 Å². The summed E-state index contributed by atoms with van der Waals surface area (Å²) in [6.07, 6.45) is 11.8. The smallest absolute Gasteiger partial charge is 0.324 e. The summed E-state index contributed by atoms with van der Waals surface area (Å²) < 4.78 is 13.4. The molecule has 5 nitrogen and oxygen atoms in total. The molecule has 0 unspecified atom stereocenters. The number of H-pyrrole nitrogens is 2. The van der Waals surface area contributed by atoms with Crippen LogP contribution in [-0.2, 0) is 0 Å². The second-order valence-electron chi connectivity index (χ2n) is 7.07. The van der Waals surface area contributed by atoms with Crippen LogP contribution in [-0.4, -0.2) is 40.6 Å². The number of hydrogen-bond acceptors (Lipinski definition) is 2. The molecular weight excluding hydrogens is 333 g/mol. The van der Waals surface area contributed by atoms with Crippen LogP contribution in [0.2, 0.25) is 0 Å². The van der Waals surface area contributed by atoms with Crippen LogP contribution in [0.4, 0.5) is 4.39 Å². The van der Waals surface area contributed by atoms with Gasteiger partial charge in [0.25, 0.3) is 5.56 Å². The van der Waals surface area contributed by atoms with E-state index < -0.39 is 17.1 Å². The van der Waals surface area contributed by atoms with Crippen LogP contribution < -0.4 is 11.2 Å². The summed E-state index contributed by atoms with van der Waals surface area (Å²) in [6, 6.07) is 0. The Labute approximate surface area is 157 Å². The van der Waals surface area contributed by atoms with E-state index in [0.29, 0.717) is 6.20 Å². The lowest BCUT2D eigenvalue weighted by Crippen LogP contribution is -2.50. The molecule has 0 amide bonds. The third-order valence-corrected chi connectivity index (χ3v) is 4.72. The fourth-order valence-electron chi connectivity index (χ4n) is 3.04. The molecule has 0 fully saturated rings. The molecule has 1 aromatic rings. The van der Waals surface area contributed by atoms with Crippen LogP contribution in [0, 0.1) is 5.82 Å². The minimum absolute atomic E-state index is 0.707. The van der Waals surface area contributed by atoms with E-state index in [1.165, 1.54) is 82.0 Å². The second kappa shape index (κ2) is 14.7. The van der Waals surface area contributed by atoms with Crippen molar-refractivity contribution in [3.8, 4) is 0 Å². The monoisotopic (exact) mass is 372 g/mol. The largest absolute Gasteiger partial charge is 0.325 e. The SMILES string of the molecule is CCCC[N+](CCCC)(CCCC)CCCC.O=c1[nH]cc(F)c(=O)[nH]1. The molecule has 0 saturated heterocycles. The van der Waals surface area contributed by atoms with E-state index in [2.05, 4.69) is 27.7 Å². The molecule has 0 saturated carbocycles. The lowest BCUT2D eigenvalue weighted by atomic mass is 10.1. The molecule has 0 spiro atoms. The van der Waals surface area contributed by atoms with E-state index in [0.717, 1.165) is 0 Å². The molecule has 152 valence electrons. The predicted molar refractivity (Wildman–Crippen MR) is 107 cm³/mol. The molecule has 0 radical (unpaired) electrons. The lowest BCUT2D eigenvalue weighted by molar-refractivity contribution is -0.929. The molecule has 2 N–H and O–H groups in total. The Kier molecular flexibility index (Phi) is 13.9. The van der Waals surface area contributed by atoms with Crippen LogP contribution in [0.1, 0.15) is 79.1 Å². The molecule has 1 heterocycles. The zero-order chi connectivity index (χ0) is 19.8. The van der Waals surface area contributed by atoms with Gasteiger partial charge >= 0.3 is 5.69 Å². The Morgan fingerprint density at radius 2 is 1.19 bits per heavy atom. The van der Waals surface area contributed by atoms with Crippen molar-refractivity contribution in [3.63, 3.8) is 0 Å². The standard InChI is InChI=1S/C16H36N.C4H3FN2O2/c1-5-9-13-17(14-10-6-2,15-11-7-3)16-12-8-4;5-2-1-6-4(9)7-3(2)8/h5-16H2,1-4H3;1H,(H2,6,7,8,9)/q+1;. The molecule has 0 aliphatic carbocycles. The number of aromatic nitrogens is 2. The Hall–Kier alpha value is -1.43.